The van der Waals surface area contributed by atoms with Crippen molar-refractivity contribution in [3.05, 3.63) is 64.9 Å². The summed E-state index contributed by atoms with van der Waals surface area (Å²) in [5.41, 5.74) is 5.26. The van der Waals surface area contributed by atoms with Crippen LogP contribution in [0.2, 0.25) is 0 Å². The Labute approximate surface area is 165 Å². The molecule has 0 aromatic heterocycles. The molecular weight excluding hydrogens is 350 g/mol. The molecule has 4 aliphatic rings. The molecule has 1 saturated heterocycles. The number of carbonyl (C=O) groups is 1. The van der Waals surface area contributed by atoms with Gasteiger partial charge in [0.2, 0.25) is 0 Å². The third-order valence-electron chi connectivity index (χ3n) is 6.19. The molecule has 1 aromatic carbocycles. The van der Waals surface area contributed by atoms with Gasteiger partial charge < -0.3 is 14.5 Å². The normalized spacial score (nSPS) is 25.9. The first-order chi connectivity index (χ1) is 13.7. The zero-order valence-corrected chi connectivity index (χ0v) is 16.4. The first kappa shape index (κ1) is 17.4. The molecule has 1 aromatic rings. The molecule has 5 rings (SSSR count). The molecule has 0 amide bonds. The van der Waals surface area contributed by atoms with Crippen LogP contribution in [0.3, 0.4) is 0 Å². The highest BCUT2D eigenvalue weighted by atomic mass is 16.5. The second-order valence-electron chi connectivity index (χ2n) is 7.80. The number of ether oxygens (including phenoxy) is 1. The molecule has 5 heteroatoms. The first-order valence-corrected chi connectivity index (χ1v) is 10.1. The van der Waals surface area contributed by atoms with E-state index < -0.39 is 0 Å². The molecule has 2 heterocycles. The number of amidine groups is 1. The number of carbonyl (C=O) groups excluding carboxylic acids is 1. The van der Waals surface area contributed by atoms with Crippen LogP contribution >= 0.6 is 0 Å². The van der Waals surface area contributed by atoms with Gasteiger partial charge in [-0.15, -0.1) is 0 Å². The average Bonchev–Trinajstić information content (AvgIpc) is 3.05. The lowest BCUT2D eigenvalue weighted by molar-refractivity contribution is -0.137. The summed E-state index contributed by atoms with van der Waals surface area (Å²) in [6.45, 7) is 5.88. The molecule has 2 unspecified atom stereocenters. The number of aliphatic imine (C=N–C) groups is 1. The third-order valence-corrected chi connectivity index (χ3v) is 6.19. The van der Waals surface area contributed by atoms with E-state index in [0.717, 1.165) is 43.3 Å². The zero-order valence-electron chi connectivity index (χ0n) is 16.4. The molecule has 5 nitrogen and oxygen atoms in total. The fourth-order valence-corrected chi connectivity index (χ4v) is 4.83. The number of hydrogen-bond acceptors (Lipinski definition) is 5. The Morgan fingerprint density at radius 2 is 2.00 bits per heavy atom. The fourth-order valence-electron chi connectivity index (χ4n) is 4.83. The molecule has 0 N–H and O–H groups in total. The summed E-state index contributed by atoms with van der Waals surface area (Å²) in [5, 5.41) is 0. The molecule has 0 saturated carbocycles. The van der Waals surface area contributed by atoms with Crippen LogP contribution in [0.1, 0.15) is 24.0 Å². The predicted molar refractivity (Wildman–Crippen MR) is 110 cm³/mol. The van der Waals surface area contributed by atoms with Crippen LogP contribution in [0, 0.1) is 5.92 Å². The van der Waals surface area contributed by atoms with Crippen molar-refractivity contribution in [1.29, 1.82) is 0 Å². The summed E-state index contributed by atoms with van der Waals surface area (Å²) in [4.78, 5) is 22.8. The van der Waals surface area contributed by atoms with Crippen molar-refractivity contribution in [2.45, 2.75) is 12.8 Å². The number of benzene rings is 1. The standard InChI is InChI=1S/C23H25N3O2/c1-3-28-23(27)21-20-17-8-5-4-7-15(17)16-9-6-10-18(19(16)20)24-22(21)26-13-11-25(2)12-14-26/h4-10,16,19H,3,11-14H2,1-2H3. The molecule has 1 fully saturated rings. The van der Waals surface area contributed by atoms with Crippen molar-refractivity contribution >= 4 is 17.4 Å². The highest BCUT2D eigenvalue weighted by Crippen LogP contribution is 2.55. The van der Waals surface area contributed by atoms with Crippen molar-refractivity contribution in [3.63, 3.8) is 0 Å². The molecule has 2 atom stereocenters. The summed E-state index contributed by atoms with van der Waals surface area (Å²) in [5.74, 6) is 0.889. The topological polar surface area (TPSA) is 45.1 Å². The number of esters is 1. The average molecular weight is 375 g/mol. The van der Waals surface area contributed by atoms with Crippen LogP contribution in [-0.4, -0.2) is 61.4 Å². The Hall–Kier alpha value is -2.66. The smallest absolute Gasteiger partial charge is 0.342 e. The predicted octanol–water partition coefficient (Wildman–Crippen LogP) is 2.83. The van der Waals surface area contributed by atoms with E-state index in [1.807, 2.05) is 6.92 Å². The highest BCUT2D eigenvalue weighted by molar-refractivity contribution is 6.26. The van der Waals surface area contributed by atoms with Gasteiger partial charge in [0.15, 0.2) is 0 Å². The van der Waals surface area contributed by atoms with Crippen molar-refractivity contribution < 1.29 is 9.53 Å². The summed E-state index contributed by atoms with van der Waals surface area (Å²) in [6.07, 6.45) is 6.45. The minimum absolute atomic E-state index is 0.109. The van der Waals surface area contributed by atoms with E-state index in [1.165, 1.54) is 11.1 Å². The number of hydrogen-bond donors (Lipinski definition) is 0. The summed E-state index contributed by atoms with van der Waals surface area (Å²) >= 11 is 0. The van der Waals surface area contributed by atoms with Gasteiger partial charge in [-0.05, 0) is 36.7 Å². The molecule has 0 bridgehead atoms. The zero-order chi connectivity index (χ0) is 19.3. The lowest BCUT2D eigenvalue weighted by atomic mass is 9.80. The largest absolute Gasteiger partial charge is 0.462 e. The number of fused-ring (bicyclic) bond motifs is 3. The van der Waals surface area contributed by atoms with Crippen LogP contribution in [0.15, 0.2) is 58.8 Å². The Morgan fingerprint density at radius 1 is 1.21 bits per heavy atom. The van der Waals surface area contributed by atoms with E-state index in [2.05, 4.69) is 59.3 Å². The second-order valence-corrected chi connectivity index (χ2v) is 7.80. The molecule has 2 aliphatic carbocycles. The van der Waals surface area contributed by atoms with Gasteiger partial charge >= 0.3 is 5.97 Å². The Kier molecular flexibility index (Phi) is 4.20. The SMILES string of the molecule is CCOC(=O)C1=C2c3ccccc3C3C=CC=C(N=C1N1CCN(C)CC1)C23. The molecule has 0 radical (unpaired) electrons. The summed E-state index contributed by atoms with van der Waals surface area (Å²) in [7, 11) is 2.13. The summed E-state index contributed by atoms with van der Waals surface area (Å²) < 4.78 is 5.52. The van der Waals surface area contributed by atoms with Crippen LogP contribution in [0.4, 0.5) is 0 Å². The number of rotatable bonds is 2. The van der Waals surface area contributed by atoms with E-state index in [-0.39, 0.29) is 17.8 Å². The van der Waals surface area contributed by atoms with Gasteiger partial charge in [0.05, 0.1) is 12.3 Å². The number of dihydropyridines is 1. The van der Waals surface area contributed by atoms with E-state index in [1.54, 1.807) is 0 Å². The van der Waals surface area contributed by atoms with Crippen molar-refractivity contribution in [3.8, 4) is 0 Å². The minimum atomic E-state index is -0.251. The maximum atomic E-state index is 13.2. The van der Waals surface area contributed by atoms with Crippen molar-refractivity contribution in [2.75, 3.05) is 39.8 Å². The maximum absolute atomic E-state index is 13.2. The van der Waals surface area contributed by atoms with Gasteiger partial charge in [-0.2, -0.15) is 0 Å². The number of nitrogens with zero attached hydrogens (tertiary/aromatic N) is 3. The quantitative estimate of drug-likeness (QED) is 0.746. The van der Waals surface area contributed by atoms with Crippen molar-refractivity contribution in [1.82, 2.24) is 9.80 Å². The molecular formula is C23H25N3O2. The van der Waals surface area contributed by atoms with Crippen LogP contribution in [-0.2, 0) is 9.53 Å². The van der Waals surface area contributed by atoms with E-state index in [4.69, 9.17) is 9.73 Å². The second kappa shape index (κ2) is 6.74. The fraction of sp³-hybridized carbons (Fsp3) is 0.391. The van der Waals surface area contributed by atoms with E-state index in [9.17, 15) is 4.79 Å². The van der Waals surface area contributed by atoms with Gasteiger partial charge in [0, 0.05) is 38.0 Å². The molecule has 0 spiro atoms. The van der Waals surface area contributed by atoms with E-state index in [0.29, 0.717) is 12.2 Å². The maximum Gasteiger partial charge on any atom is 0.342 e. The number of likely N-dealkylation sites (N-methyl/N-ethyl adjacent to an activating group) is 1. The first-order valence-electron chi connectivity index (χ1n) is 10.1. The van der Waals surface area contributed by atoms with Gasteiger partial charge in [0.25, 0.3) is 0 Å². The van der Waals surface area contributed by atoms with Crippen LogP contribution in [0.25, 0.3) is 5.57 Å². The Morgan fingerprint density at radius 3 is 2.79 bits per heavy atom. The lowest BCUT2D eigenvalue weighted by Gasteiger charge is -2.38. The van der Waals surface area contributed by atoms with E-state index >= 15 is 0 Å². The van der Waals surface area contributed by atoms with Gasteiger partial charge in [-0.25, -0.2) is 9.79 Å². The molecule has 144 valence electrons. The van der Waals surface area contributed by atoms with Gasteiger partial charge in [0.1, 0.15) is 11.4 Å². The van der Waals surface area contributed by atoms with Crippen LogP contribution in [0.5, 0.6) is 0 Å². The van der Waals surface area contributed by atoms with Gasteiger partial charge in [-0.3, -0.25) is 0 Å². The lowest BCUT2D eigenvalue weighted by Crippen LogP contribution is -2.49. The van der Waals surface area contributed by atoms with Gasteiger partial charge in [-0.1, -0.05) is 36.4 Å². The summed E-state index contributed by atoms with van der Waals surface area (Å²) in [6, 6.07) is 8.45. The number of allylic oxidation sites excluding steroid dienone is 4. The highest BCUT2D eigenvalue weighted by Gasteiger charge is 2.46. The minimum Gasteiger partial charge on any atom is -0.462 e. The van der Waals surface area contributed by atoms with Crippen LogP contribution < -0.4 is 0 Å². The Balaban J connectivity index is 1.70. The molecule has 28 heavy (non-hydrogen) atoms. The molecule has 2 aliphatic heterocycles. The third kappa shape index (κ3) is 2.57. The number of piperazine rings is 1. The Bertz CT molecular complexity index is 948. The van der Waals surface area contributed by atoms with Crippen molar-refractivity contribution in [2.24, 2.45) is 10.9 Å². The monoisotopic (exact) mass is 375 g/mol.